The van der Waals surface area contributed by atoms with Gasteiger partial charge in [0.1, 0.15) is 0 Å². The van der Waals surface area contributed by atoms with Crippen LogP contribution in [0, 0.1) is 5.41 Å². The van der Waals surface area contributed by atoms with Crippen LogP contribution in [-0.4, -0.2) is 25.2 Å². The van der Waals surface area contributed by atoms with E-state index in [1.54, 1.807) is 0 Å². The number of nitrogens with one attached hydrogen (secondary N) is 1. The SMILES string of the molecule is CC(NC(=O)C1(C)COCC1N)c1cccc(Br)c1. The van der Waals surface area contributed by atoms with Crippen molar-refractivity contribution in [2.45, 2.75) is 25.9 Å². The lowest BCUT2D eigenvalue weighted by Gasteiger charge is -2.27. The molecule has 5 heteroatoms. The lowest BCUT2D eigenvalue weighted by atomic mass is 9.84. The van der Waals surface area contributed by atoms with Gasteiger partial charge in [0.2, 0.25) is 5.91 Å². The van der Waals surface area contributed by atoms with Gasteiger partial charge < -0.3 is 15.8 Å². The van der Waals surface area contributed by atoms with Gasteiger partial charge in [-0.2, -0.15) is 0 Å². The lowest BCUT2D eigenvalue weighted by Crippen LogP contribution is -2.50. The van der Waals surface area contributed by atoms with Crippen LogP contribution in [0.3, 0.4) is 0 Å². The molecule has 1 heterocycles. The third-order valence-corrected chi connectivity index (χ3v) is 4.23. The zero-order valence-corrected chi connectivity index (χ0v) is 12.7. The first-order valence-electron chi connectivity index (χ1n) is 6.33. The molecular formula is C14H19BrN2O2. The monoisotopic (exact) mass is 326 g/mol. The van der Waals surface area contributed by atoms with E-state index < -0.39 is 5.41 Å². The minimum Gasteiger partial charge on any atom is -0.379 e. The second kappa shape index (κ2) is 5.61. The van der Waals surface area contributed by atoms with E-state index in [0.717, 1.165) is 10.0 Å². The quantitative estimate of drug-likeness (QED) is 0.892. The summed E-state index contributed by atoms with van der Waals surface area (Å²) >= 11 is 3.43. The van der Waals surface area contributed by atoms with Crippen LogP contribution in [0.5, 0.6) is 0 Å². The summed E-state index contributed by atoms with van der Waals surface area (Å²) < 4.78 is 6.30. The van der Waals surface area contributed by atoms with Crippen molar-refractivity contribution in [1.29, 1.82) is 0 Å². The fraction of sp³-hybridized carbons (Fsp3) is 0.500. The zero-order chi connectivity index (χ0) is 14.0. The lowest BCUT2D eigenvalue weighted by molar-refractivity contribution is -0.131. The van der Waals surface area contributed by atoms with Crippen LogP contribution in [0.4, 0.5) is 0 Å². The number of amides is 1. The Morgan fingerprint density at radius 2 is 2.37 bits per heavy atom. The van der Waals surface area contributed by atoms with Gasteiger partial charge in [-0.05, 0) is 31.5 Å². The molecule has 1 amide bonds. The van der Waals surface area contributed by atoms with Gasteiger partial charge in [0.05, 0.1) is 24.7 Å². The molecule has 3 N–H and O–H groups in total. The van der Waals surface area contributed by atoms with Crippen molar-refractivity contribution >= 4 is 21.8 Å². The number of hydrogen-bond acceptors (Lipinski definition) is 3. The fourth-order valence-corrected chi connectivity index (χ4v) is 2.56. The number of halogens is 1. The molecule has 0 spiro atoms. The third kappa shape index (κ3) is 2.99. The van der Waals surface area contributed by atoms with E-state index in [0.29, 0.717) is 13.2 Å². The minimum absolute atomic E-state index is 0.0509. The molecule has 0 radical (unpaired) electrons. The summed E-state index contributed by atoms with van der Waals surface area (Å²) in [6.07, 6.45) is 0. The van der Waals surface area contributed by atoms with Crippen LogP contribution in [0.25, 0.3) is 0 Å². The van der Waals surface area contributed by atoms with E-state index in [2.05, 4.69) is 21.2 Å². The molecule has 1 aromatic carbocycles. The van der Waals surface area contributed by atoms with E-state index in [4.69, 9.17) is 10.5 Å². The molecule has 1 aromatic rings. The van der Waals surface area contributed by atoms with Crippen molar-refractivity contribution in [2.24, 2.45) is 11.1 Å². The average molecular weight is 327 g/mol. The van der Waals surface area contributed by atoms with Crippen LogP contribution < -0.4 is 11.1 Å². The van der Waals surface area contributed by atoms with Gasteiger partial charge in [-0.1, -0.05) is 28.1 Å². The van der Waals surface area contributed by atoms with Crippen molar-refractivity contribution in [3.05, 3.63) is 34.3 Å². The summed E-state index contributed by atoms with van der Waals surface area (Å²) in [5, 5.41) is 3.02. The highest BCUT2D eigenvalue weighted by molar-refractivity contribution is 9.10. The van der Waals surface area contributed by atoms with Gasteiger partial charge in [0.15, 0.2) is 0 Å². The summed E-state index contributed by atoms with van der Waals surface area (Å²) in [6.45, 7) is 4.64. The first-order valence-corrected chi connectivity index (χ1v) is 7.12. The predicted molar refractivity (Wildman–Crippen MR) is 77.6 cm³/mol. The first kappa shape index (κ1) is 14.5. The topological polar surface area (TPSA) is 64.3 Å². The minimum atomic E-state index is -0.639. The highest BCUT2D eigenvalue weighted by atomic mass is 79.9. The smallest absolute Gasteiger partial charge is 0.230 e. The summed E-state index contributed by atoms with van der Waals surface area (Å²) in [5.41, 5.74) is 6.38. The van der Waals surface area contributed by atoms with Crippen LogP contribution in [0.15, 0.2) is 28.7 Å². The molecule has 3 unspecified atom stereocenters. The van der Waals surface area contributed by atoms with Crippen LogP contribution >= 0.6 is 15.9 Å². The maximum atomic E-state index is 12.4. The van der Waals surface area contributed by atoms with E-state index >= 15 is 0 Å². The number of carbonyl (C=O) groups excluding carboxylic acids is 1. The normalized spacial score (nSPS) is 28.1. The zero-order valence-electron chi connectivity index (χ0n) is 11.2. The van der Waals surface area contributed by atoms with Crippen molar-refractivity contribution in [1.82, 2.24) is 5.32 Å². The molecule has 0 aliphatic carbocycles. The molecular weight excluding hydrogens is 308 g/mol. The van der Waals surface area contributed by atoms with Crippen LogP contribution in [0.2, 0.25) is 0 Å². The molecule has 1 aliphatic heterocycles. The van der Waals surface area contributed by atoms with Gasteiger partial charge in [-0.3, -0.25) is 4.79 Å². The third-order valence-electron chi connectivity index (χ3n) is 3.73. The molecule has 1 fully saturated rings. The molecule has 3 atom stereocenters. The number of benzene rings is 1. The van der Waals surface area contributed by atoms with Crippen molar-refractivity contribution in [3.8, 4) is 0 Å². The molecule has 1 aliphatic rings. The van der Waals surface area contributed by atoms with Crippen molar-refractivity contribution in [2.75, 3.05) is 13.2 Å². The Hall–Kier alpha value is -0.910. The second-order valence-electron chi connectivity index (χ2n) is 5.29. The van der Waals surface area contributed by atoms with Gasteiger partial charge >= 0.3 is 0 Å². The highest BCUT2D eigenvalue weighted by Gasteiger charge is 2.44. The Kier molecular flexibility index (Phi) is 4.28. The van der Waals surface area contributed by atoms with Gasteiger partial charge in [0, 0.05) is 10.5 Å². The van der Waals surface area contributed by atoms with Crippen molar-refractivity contribution in [3.63, 3.8) is 0 Å². The van der Waals surface area contributed by atoms with Crippen LogP contribution in [-0.2, 0) is 9.53 Å². The van der Waals surface area contributed by atoms with E-state index in [1.165, 1.54) is 0 Å². The molecule has 0 saturated carbocycles. The Morgan fingerprint density at radius 1 is 1.63 bits per heavy atom. The molecule has 19 heavy (non-hydrogen) atoms. The van der Waals surface area contributed by atoms with E-state index in [1.807, 2.05) is 38.1 Å². The second-order valence-corrected chi connectivity index (χ2v) is 6.20. The number of hydrogen-bond donors (Lipinski definition) is 2. The van der Waals surface area contributed by atoms with Gasteiger partial charge in [-0.15, -0.1) is 0 Å². The molecule has 2 rings (SSSR count). The predicted octanol–water partition coefficient (Wildman–Crippen LogP) is 1.99. The number of nitrogens with two attached hydrogens (primary N) is 1. The maximum Gasteiger partial charge on any atom is 0.230 e. The summed E-state index contributed by atoms with van der Waals surface area (Å²) in [4.78, 5) is 12.4. The summed E-state index contributed by atoms with van der Waals surface area (Å²) in [6, 6.07) is 7.59. The number of rotatable bonds is 3. The number of carbonyl (C=O) groups is 1. The van der Waals surface area contributed by atoms with E-state index in [-0.39, 0.29) is 18.0 Å². The average Bonchev–Trinajstić information content (AvgIpc) is 2.71. The largest absolute Gasteiger partial charge is 0.379 e. The maximum absolute atomic E-state index is 12.4. The molecule has 4 nitrogen and oxygen atoms in total. The molecule has 0 aromatic heterocycles. The van der Waals surface area contributed by atoms with Gasteiger partial charge in [0.25, 0.3) is 0 Å². The van der Waals surface area contributed by atoms with Gasteiger partial charge in [-0.25, -0.2) is 0 Å². The first-order chi connectivity index (χ1) is 8.93. The Morgan fingerprint density at radius 3 is 2.95 bits per heavy atom. The fourth-order valence-electron chi connectivity index (χ4n) is 2.14. The van der Waals surface area contributed by atoms with Crippen molar-refractivity contribution < 1.29 is 9.53 Å². The Bertz CT molecular complexity index is 480. The Balaban J connectivity index is 2.07. The van der Waals surface area contributed by atoms with E-state index in [9.17, 15) is 4.79 Å². The Labute approximate surface area is 121 Å². The number of ether oxygens (including phenoxy) is 1. The summed E-state index contributed by atoms with van der Waals surface area (Å²) in [7, 11) is 0. The molecule has 104 valence electrons. The molecule has 0 bridgehead atoms. The standard InChI is InChI=1S/C14H19BrN2O2/c1-9(10-4-3-5-11(15)6-10)17-13(18)14(2)8-19-7-12(14)16/h3-6,9,12H,7-8,16H2,1-2H3,(H,17,18). The highest BCUT2D eigenvalue weighted by Crippen LogP contribution is 2.28. The van der Waals surface area contributed by atoms with Crippen LogP contribution in [0.1, 0.15) is 25.5 Å². The summed E-state index contributed by atoms with van der Waals surface area (Å²) in [5.74, 6) is -0.0509. The molecule has 1 saturated heterocycles.